The fourth-order valence-corrected chi connectivity index (χ4v) is 12.2. The summed E-state index contributed by atoms with van der Waals surface area (Å²) < 4.78 is 23.8. The van der Waals surface area contributed by atoms with Gasteiger partial charge < -0.3 is 31.4 Å². The number of hydrogen-bond acceptors (Lipinski definition) is 6. The number of aromatic nitrogens is 2. The summed E-state index contributed by atoms with van der Waals surface area (Å²) in [6.07, 6.45) is 0. The Hall–Kier alpha value is -4.34. The molecular formula is C48H50Cl2N2O4P2Ru+. The number of nitrogens with zero attached hydrogens (tertiary/aromatic N) is 2. The normalized spacial score (nSPS) is 10.4. The molecule has 0 fully saturated rings. The zero-order valence-corrected chi connectivity index (χ0v) is 39.5. The van der Waals surface area contributed by atoms with Gasteiger partial charge in [-0.25, -0.2) is 0 Å². The molecule has 2 heterocycles. The zero-order chi connectivity index (χ0) is 41.4. The van der Waals surface area contributed by atoms with E-state index >= 15 is 0 Å². The van der Waals surface area contributed by atoms with Gasteiger partial charge in [0.2, 0.25) is 23.5 Å². The molecule has 0 N–H and O–H groups in total. The van der Waals surface area contributed by atoms with Crippen LogP contribution in [0.2, 0.25) is 0 Å². The molecule has 0 aliphatic heterocycles. The van der Waals surface area contributed by atoms with Crippen LogP contribution in [0.4, 0.5) is 0 Å². The molecule has 0 bridgehead atoms. The van der Waals surface area contributed by atoms with Crippen LogP contribution < -0.4 is 63.2 Å². The van der Waals surface area contributed by atoms with Gasteiger partial charge in [-0.1, -0.05) is 116 Å². The van der Waals surface area contributed by atoms with Gasteiger partial charge in [-0.3, -0.25) is 0 Å². The van der Waals surface area contributed by atoms with Crippen LogP contribution in [-0.2, 0) is 17.3 Å². The Morgan fingerprint density at radius 1 is 0.475 bits per heavy atom. The maximum atomic E-state index is 6.13. The van der Waals surface area contributed by atoms with Crippen LogP contribution in [0.5, 0.6) is 23.5 Å². The molecule has 0 saturated carbocycles. The Labute approximate surface area is 372 Å². The van der Waals surface area contributed by atoms with E-state index in [1.807, 2.05) is 41.6 Å². The van der Waals surface area contributed by atoms with E-state index in [1.165, 1.54) is 32.3 Å². The number of methoxy groups -OCH3 is 4. The Morgan fingerprint density at radius 3 is 1.03 bits per heavy atom. The number of pyridine rings is 2. The first-order valence-electron chi connectivity index (χ1n) is 18.8. The molecule has 0 saturated heterocycles. The molecule has 0 aliphatic rings. The summed E-state index contributed by atoms with van der Waals surface area (Å²) in [4.78, 5) is 9.70. The molecule has 11 heteroatoms. The summed E-state index contributed by atoms with van der Waals surface area (Å²) >= 11 is 1.82. The first-order valence-corrected chi connectivity index (χ1v) is 24.0. The van der Waals surface area contributed by atoms with Crippen LogP contribution in [0.15, 0.2) is 158 Å². The van der Waals surface area contributed by atoms with Crippen molar-refractivity contribution in [3.8, 4) is 34.6 Å². The van der Waals surface area contributed by atoms with Crippen LogP contribution >= 0.6 is 25.5 Å². The standard InChI is InChI=1S/C38H34N2O4P2.C10H14.2ClH.Ru/c1-41-33-25-31(45(27-17-9-5-10-18-27)28-19-11-6-12-20-28)35(37(39-33)43-3)36-32(26-34(42-2)40-38(36)44-4)46(29-21-13-7-14-22-29)30-23-15-8-16-24-30;1-8(2)10-6-4-9(3)5-7-10;;;/h5-26H,1-4H3;4-8H,1-3H3;2*1H;/q;;;;+1. The van der Waals surface area contributed by atoms with Gasteiger partial charge in [0.25, 0.3) is 0 Å². The van der Waals surface area contributed by atoms with Crippen LogP contribution in [0.1, 0.15) is 30.9 Å². The van der Waals surface area contributed by atoms with Crippen LogP contribution in [-0.4, -0.2) is 38.4 Å². The van der Waals surface area contributed by atoms with Gasteiger partial charge in [0.05, 0.1) is 55.4 Å². The predicted molar refractivity (Wildman–Crippen MR) is 245 cm³/mol. The van der Waals surface area contributed by atoms with E-state index in [0.717, 1.165) is 21.7 Å². The molecule has 0 amide bonds. The number of benzene rings is 5. The molecule has 307 valence electrons. The summed E-state index contributed by atoms with van der Waals surface area (Å²) in [6, 6.07) is 55.3. The predicted octanol–water partition coefficient (Wildman–Crippen LogP) is 5.97. The number of aryl methyl sites for hydroxylation is 1. The minimum atomic E-state index is -1.63. The van der Waals surface area contributed by atoms with Crippen LogP contribution in [0, 0.1) is 6.92 Å². The second-order valence-electron chi connectivity index (χ2n) is 13.5. The third-order valence-electron chi connectivity index (χ3n) is 9.51. The van der Waals surface area contributed by atoms with Gasteiger partial charge in [-0.2, -0.15) is 9.97 Å². The molecule has 2 aromatic heterocycles. The average molecular weight is 953 g/mol. The van der Waals surface area contributed by atoms with Crippen LogP contribution in [0.25, 0.3) is 11.1 Å². The van der Waals surface area contributed by atoms with Crippen molar-refractivity contribution in [1.29, 1.82) is 0 Å². The first kappa shape index (κ1) is 47.3. The van der Waals surface area contributed by atoms with Crippen molar-refractivity contribution in [3.05, 3.63) is 169 Å². The van der Waals surface area contributed by atoms with E-state index < -0.39 is 15.8 Å². The van der Waals surface area contributed by atoms with Crippen molar-refractivity contribution in [1.82, 2.24) is 9.97 Å². The van der Waals surface area contributed by atoms with Gasteiger partial charge in [0.15, 0.2) is 0 Å². The molecule has 0 aliphatic carbocycles. The van der Waals surface area contributed by atoms with E-state index in [4.69, 9.17) is 28.9 Å². The van der Waals surface area contributed by atoms with Crippen molar-refractivity contribution in [2.24, 2.45) is 0 Å². The Balaban J connectivity index is 0.000000514. The number of halogens is 2. The number of rotatable bonds is 12. The number of ether oxygens (including phenoxy) is 4. The van der Waals surface area contributed by atoms with Crippen molar-refractivity contribution in [3.63, 3.8) is 0 Å². The van der Waals surface area contributed by atoms with Crippen molar-refractivity contribution in [2.45, 2.75) is 26.7 Å². The van der Waals surface area contributed by atoms with Gasteiger partial charge in [0, 0.05) is 12.1 Å². The van der Waals surface area contributed by atoms with Gasteiger partial charge in [-0.15, -0.1) is 0 Å². The average Bonchev–Trinajstić information content (AvgIpc) is 3.28. The molecule has 0 spiro atoms. The van der Waals surface area contributed by atoms with Gasteiger partial charge >= 0.3 is 27.0 Å². The Bertz CT molecular complexity index is 2090. The zero-order valence-electron chi connectivity index (χ0n) is 34.2. The molecule has 0 atom stereocenters. The monoisotopic (exact) mass is 952 g/mol. The van der Waals surface area contributed by atoms with E-state index in [1.54, 1.807) is 28.4 Å². The summed E-state index contributed by atoms with van der Waals surface area (Å²) in [7, 11) is 7.87. The topological polar surface area (TPSA) is 62.7 Å². The maximum absolute atomic E-state index is 6.13. The third-order valence-corrected chi connectivity index (χ3v) is 15.0. The fourth-order valence-electron chi connectivity index (χ4n) is 6.71. The fraction of sp³-hybridized carbons (Fsp3) is 0.167. The Kier molecular flexibility index (Phi) is 19.3. The molecule has 0 unspecified atom stereocenters. The molecule has 5 aromatic carbocycles. The second-order valence-corrected chi connectivity index (χ2v) is 18.4. The van der Waals surface area contributed by atoms with Crippen molar-refractivity contribution >= 4 is 57.4 Å². The molecular weight excluding hydrogens is 902 g/mol. The van der Waals surface area contributed by atoms with E-state index in [0.29, 0.717) is 29.4 Å². The first-order chi connectivity index (χ1) is 28.4. The molecule has 7 rings (SSSR count). The van der Waals surface area contributed by atoms with E-state index in [-0.39, 0.29) is 12.4 Å². The van der Waals surface area contributed by atoms with E-state index in [2.05, 4.69) is 164 Å². The van der Waals surface area contributed by atoms with Gasteiger partial charge in [-0.05, 0) is 66.9 Å². The Morgan fingerprint density at radius 2 is 0.780 bits per heavy atom. The van der Waals surface area contributed by atoms with Crippen molar-refractivity contribution in [2.75, 3.05) is 28.4 Å². The molecule has 59 heavy (non-hydrogen) atoms. The summed E-state index contributed by atoms with van der Waals surface area (Å²) in [5.41, 5.74) is 4.43. The third kappa shape index (κ3) is 11.9. The quantitative estimate of drug-likeness (QED) is 0.111. The molecule has 0 radical (unpaired) electrons. The van der Waals surface area contributed by atoms with Gasteiger partial charge in [0.1, 0.15) is 31.8 Å². The summed E-state index contributed by atoms with van der Waals surface area (Å²) in [5, 5.41) is 6.98. The van der Waals surface area contributed by atoms with Crippen LogP contribution in [0.3, 0.4) is 0 Å². The SMILES string of the molecule is COc1cc([PH+](c2ccccc2)c2ccccc2)c(-c2c([PH+](c3ccccc3)c3ccccc3)cc(OC)nc2OC)c(OC)n1.Cc1ccc(C(C)C)cc1.[Cl-].[Cl][Ru]. The second kappa shape index (κ2) is 24.1. The number of hydrogen-bond donors (Lipinski definition) is 0. The van der Waals surface area contributed by atoms with E-state index in [9.17, 15) is 0 Å². The summed E-state index contributed by atoms with van der Waals surface area (Å²) in [6.45, 7) is 6.54. The molecule has 7 aromatic rings. The minimum absolute atomic E-state index is 0. The molecule has 6 nitrogen and oxygen atoms in total. The van der Waals surface area contributed by atoms with Crippen molar-refractivity contribution < 1.29 is 48.7 Å². The summed E-state index contributed by atoms with van der Waals surface area (Å²) in [5.74, 6) is 2.49.